The van der Waals surface area contributed by atoms with Crippen molar-refractivity contribution in [3.8, 4) is 0 Å². The number of anilines is 1. The summed E-state index contributed by atoms with van der Waals surface area (Å²) in [5.41, 5.74) is 3.74. The van der Waals surface area contributed by atoms with Crippen molar-refractivity contribution in [3.63, 3.8) is 0 Å². The molecule has 0 amide bonds. The Balaban J connectivity index is 1.61. The van der Waals surface area contributed by atoms with Crippen LogP contribution in [0.15, 0.2) is 12.1 Å². The summed E-state index contributed by atoms with van der Waals surface area (Å²) >= 11 is 1.74. The number of nitrogens with one attached hydrogen (secondary N) is 1. The largest absolute Gasteiger partial charge is 0.379 e. The van der Waals surface area contributed by atoms with Crippen LogP contribution in [0.4, 0.5) is 5.13 Å². The molecule has 0 atom stereocenters. The molecule has 1 fully saturated rings. The molecule has 0 radical (unpaired) electrons. The Hall–Kier alpha value is -1.17. The first kappa shape index (κ1) is 13.8. The van der Waals surface area contributed by atoms with Crippen molar-refractivity contribution < 1.29 is 4.74 Å². The van der Waals surface area contributed by atoms with E-state index in [1.165, 1.54) is 15.8 Å². The monoisotopic (exact) mass is 291 g/mol. The van der Waals surface area contributed by atoms with Crippen LogP contribution in [-0.2, 0) is 4.74 Å². The molecule has 5 heteroatoms. The number of ether oxygens (including phenoxy) is 1. The molecule has 1 aliphatic heterocycles. The van der Waals surface area contributed by atoms with Gasteiger partial charge in [-0.15, -0.1) is 0 Å². The van der Waals surface area contributed by atoms with Gasteiger partial charge in [-0.2, -0.15) is 0 Å². The summed E-state index contributed by atoms with van der Waals surface area (Å²) in [6.07, 6.45) is 0. The van der Waals surface area contributed by atoms with E-state index >= 15 is 0 Å². The molecule has 20 heavy (non-hydrogen) atoms. The summed E-state index contributed by atoms with van der Waals surface area (Å²) in [7, 11) is 0. The Morgan fingerprint density at radius 1 is 1.30 bits per heavy atom. The van der Waals surface area contributed by atoms with E-state index < -0.39 is 0 Å². The number of rotatable bonds is 4. The van der Waals surface area contributed by atoms with Crippen molar-refractivity contribution in [1.82, 2.24) is 9.88 Å². The predicted molar refractivity (Wildman–Crippen MR) is 84.8 cm³/mol. The summed E-state index contributed by atoms with van der Waals surface area (Å²) in [5.74, 6) is 0. The molecular weight excluding hydrogens is 270 g/mol. The maximum Gasteiger partial charge on any atom is 0.183 e. The van der Waals surface area contributed by atoms with E-state index in [1.54, 1.807) is 11.3 Å². The normalized spacial score (nSPS) is 16.7. The van der Waals surface area contributed by atoms with Gasteiger partial charge in [0.05, 0.1) is 23.4 Å². The second-order valence-electron chi connectivity index (χ2n) is 5.25. The van der Waals surface area contributed by atoms with Crippen LogP contribution in [0.1, 0.15) is 11.1 Å². The van der Waals surface area contributed by atoms with E-state index in [0.29, 0.717) is 0 Å². The molecule has 1 aromatic carbocycles. The van der Waals surface area contributed by atoms with Crippen molar-refractivity contribution in [1.29, 1.82) is 0 Å². The van der Waals surface area contributed by atoms with Gasteiger partial charge < -0.3 is 10.1 Å². The van der Waals surface area contributed by atoms with Gasteiger partial charge in [0, 0.05) is 26.2 Å². The van der Waals surface area contributed by atoms with Crippen molar-refractivity contribution in [2.24, 2.45) is 0 Å². The van der Waals surface area contributed by atoms with Gasteiger partial charge in [0.25, 0.3) is 0 Å². The Bertz CT molecular complexity index is 590. The lowest BCUT2D eigenvalue weighted by molar-refractivity contribution is 0.0398. The molecular formula is C15H21N3OS. The van der Waals surface area contributed by atoms with Crippen LogP contribution in [-0.4, -0.2) is 49.3 Å². The second-order valence-corrected chi connectivity index (χ2v) is 6.28. The third kappa shape index (κ3) is 2.95. The first-order chi connectivity index (χ1) is 9.74. The Kier molecular flexibility index (Phi) is 4.19. The fourth-order valence-electron chi connectivity index (χ4n) is 2.45. The van der Waals surface area contributed by atoms with E-state index in [1.807, 2.05) is 0 Å². The Morgan fingerprint density at radius 3 is 2.90 bits per heavy atom. The number of benzene rings is 1. The predicted octanol–water partition coefficient (Wildman–Crippen LogP) is 2.66. The maximum absolute atomic E-state index is 5.36. The molecule has 0 bridgehead atoms. The van der Waals surface area contributed by atoms with E-state index in [2.05, 4.69) is 36.2 Å². The van der Waals surface area contributed by atoms with Crippen LogP contribution in [0.5, 0.6) is 0 Å². The van der Waals surface area contributed by atoms with E-state index in [4.69, 9.17) is 9.72 Å². The van der Waals surface area contributed by atoms with Gasteiger partial charge in [0.1, 0.15) is 0 Å². The highest BCUT2D eigenvalue weighted by Gasteiger charge is 2.11. The molecule has 1 aliphatic rings. The van der Waals surface area contributed by atoms with Crippen molar-refractivity contribution >= 4 is 26.7 Å². The zero-order valence-corrected chi connectivity index (χ0v) is 12.9. The van der Waals surface area contributed by atoms with E-state index in [0.717, 1.165) is 50.0 Å². The smallest absolute Gasteiger partial charge is 0.183 e. The SMILES string of the molecule is Cc1ccc2sc(NCCN3CCOCC3)nc2c1C. The number of nitrogens with zero attached hydrogens (tertiary/aromatic N) is 2. The lowest BCUT2D eigenvalue weighted by atomic mass is 10.1. The minimum atomic E-state index is 0.861. The Morgan fingerprint density at radius 2 is 2.10 bits per heavy atom. The number of aryl methyl sites for hydroxylation is 2. The number of hydrogen-bond acceptors (Lipinski definition) is 5. The minimum Gasteiger partial charge on any atom is -0.379 e. The molecule has 1 aromatic heterocycles. The highest BCUT2D eigenvalue weighted by atomic mass is 32.1. The highest BCUT2D eigenvalue weighted by Crippen LogP contribution is 2.29. The minimum absolute atomic E-state index is 0.861. The topological polar surface area (TPSA) is 37.4 Å². The number of thiazole rings is 1. The molecule has 1 N–H and O–H groups in total. The molecule has 2 heterocycles. The van der Waals surface area contributed by atoms with Crippen LogP contribution in [0.3, 0.4) is 0 Å². The fourth-order valence-corrected chi connectivity index (χ4v) is 3.40. The molecule has 1 saturated heterocycles. The van der Waals surface area contributed by atoms with Gasteiger partial charge in [0.15, 0.2) is 5.13 Å². The number of fused-ring (bicyclic) bond motifs is 1. The molecule has 0 aliphatic carbocycles. The lowest BCUT2D eigenvalue weighted by Crippen LogP contribution is -2.38. The summed E-state index contributed by atoms with van der Waals surface area (Å²) in [6, 6.07) is 4.34. The zero-order chi connectivity index (χ0) is 13.9. The molecule has 108 valence electrons. The first-order valence-electron chi connectivity index (χ1n) is 7.15. The van der Waals surface area contributed by atoms with Crippen LogP contribution >= 0.6 is 11.3 Å². The third-order valence-electron chi connectivity index (χ3n) is 3.89. The zero-order valence-electron chi connectivity index (χ0n) is 12.1. The maximum atomic E-state index is 5.36. The molecule has 0 saturated carbocycles. The van der Waals surface area contributed by atoms with Crippen LogP contribution in [0.25, 0.3) is 10.2 Å². The van der Waals surface area contributed by atoms with Crippen LogP contribution in [0, 0.1) is 13.8 Å². The van der Waals surface area contributed by atoms with Gasteiger partial charge in [0.2, 0.25) is 0 Å². The molecule has 0 spiro atoms. The number of hydrogen-bond donors (Lipinski definition) is 1. The average molecular weight is 291 g/mol. The van der Waals surface area contributed by atoms with E-state index in [9.17, 15) is 0 Å². The summed E-state index contributed by atoms with van der Waals surface area (Å²) in [4.78, 5) is 7.15. The summed E-state index contributed by atoms with van der Waals surface area (Å²) in [5, 5.41) is 4.48. The molecule has 4 nitrogen and oxygen atoms in total. The quantitative estimate of drug-likeness (QED) is 0.940. The molecule has 3 rings (SSSR count). The van der Waals surface area contributed by atoms with Crippen LogP contribution in [0.2, 0.25) is 0 Å². The standard InChI is InChI=1S/C15H21N3OS/c1-11-3-4-13-14(12(11)2)17-15(20-13)16-5-6-18-7-9-19-10-8-18/h3-4H,5-10H2,1-2H3,(H,16,17). The Labute approximate surface area is 123 Å². The van der Waals surface area contributed by atoms with Crippen molar-refractivity contribution in [3.05, 3.63) is 23.3 Å². The fraction of sp³-hybridized carbons (Fsp3) is 0.533. The lowest BCUT2D eigenvalue weighted by Gasteiger charge is -2.26. The summed E-state index contributed by atoms with van der Waals surface area (Å²) < 4.78 is 6.62. The first-order valence-corrected chi connectivity index (χ1v) is 7.96. The van der Waals surface area contributed by atoms with Gasteiger partial charge >= 0.3 is 0 Å². The van der Waals surface area contributed by atoms with Gasteiger partial charge in [-0.05, 0) is 31.0 Å². The van der Waals surface area contributed by atoms with Crippen molar-refractivity contribution in [2.75, 3.05) is 44.7 Å². The summed E-state index contributed by atoms with van der Waals surface area (Å²) in [6.45, 7) is 10.1. The second kappa shape index (κ2) is 6.08. The highest BCUT2D eigenvalue weighted by molar-refractivity contribution is 7.22. The van der Waals surface area contributed by atoms with E-state index in [-0.39, 0.29) is 0 Å². The number of morpholine rings is 1. The third-order valence-corrected chi connectivity index (χ3v) is 4.87. The molecule has 2 aromatic rings. The number of aromatic nitrogens is 1. The molecule has 0 unspecified atom stereocenters. The van der Waals surface area contributed by atoms with Gasteiger partial charge in [-0.1, -0.05) is 17.4 Å². The van der Waals surface area contributed by atoms with Crippen LogP contribution < -0.4 is 5.32 Å². The average Bonchev–Trinajstić information content (AvgIpc) is 2.88. The van der Waals surface area contributed by atoms with Gasteiger partial charge in [-0.25, -0.2) is 4.98 Å². The van der Waals surface area contributed by atoms with Crippen molar-refractivity contribution in [2.45, 2.75) is 13.8 Å². The van der Waals surface area contributed by atoms with Gasteiger partial charge in [-0.3, -0.25) is 4.90 Å².